The SMILES string of the molecule is COc1ccc(C(=O)NC2CCCc3[nH]c(=O)c(C(N)=O)cc32)cc1OC. The van der Waals surface area contributed by atoms with Gasteiger partial charge in [0, 0.05) is 11.3 Å². The lowest BCUT2D eigenvalue weighted by Gasteiger charge is -2.26. The van der Waals surface area contributed by atoms with Crippen LogP contribution in [0, 0.1) is 0 Å². The molecule has 27 heavy (non-hydrogen) atoms. The van der Waals surface area contributed by atoms with Gasteiger partial charge in [0.25, 0.3) is 17.4 Å². The van der Waals surface area contributed by atoms with Crippen molar-refractivity contribution in [1.82, 2.24) is 10.3 Å². The number of hydrogen-bond donors (Lipinski definition) is 3. The maximum Gasteiger partial charge on any atom is 0.261 e. The van der Waals surface area contributed by atoms with Gasteiger partial charge in [0.2, 0.25) is 0 Å². The molecule has 1 aromatic heterocycles. The van der Waals surface area contributed by atoms with Gasteiger partial charge in [-0.25, -0.2) is 0 Å². The Labute approximate surface area is 155 Å². The minimum absolute atomic E-state index is 0.110. The van der Waals surface area contributed by atoms with E-state index in [-0.39, 0.29) is 17.5 Å². The van der Waals surface area contributed by atoms with Crippen LogP contribution >= 0.6 is 0 Å². The third-order valence-electron chi connectivity index (χ3n) is 4.67. The Balaban J connectivity index is 1.89. The van der Waals surface area contributed by atoms with E-state index in [1.54, 1.807) is 18.2 Å². The number of nitrogens with two attached hydrogens (primary N) is 1. The molecule has 0 saturated heterocycles. The number of aromatic nitrogens is 1. The molecule has 0 bridgehead atoms. The molecule has 4 N–H and O–H groups in total. The molecule has 0 aliphatic heterocycles. The van der Waals surface area contributed by atoms with E-state index in [0.29, 0.717) is 41.2 Å². The third-order valence-corrected chi connectivity index (χ3v) is 4.67. The Bertz CT molecular complexity index is 951. The number of carbonyl (C=O) groups excluding carboxylic acids is 2. The molecule has 1 heterocycles. The Morgan fingerprint density at radius 3 is 2.59 bits per heavy atom. The fourth-order valence-corrected chi connectivity index (χ4v) is 3.29. The first-order valence-electron chi connectivity index (χ1n) is 8.53. The van der Waals surface area contributed by atoms with Crippen molar-refractivity contribution in [3.05, 3.63) is 57.0 Å². The number of carbonyl (C=O) groups is 2. The first-order chi connectivity index (χ1) is 12.9. The summed E-state index contributed by atoms with van der Waals surface area (Å²) < 4.78 is 10.4. The number of rotatable bonds is 5. The largest absolute Gasteiger partial charge is 0.493 e. The molecule has 3 rings (SSSR count). The molecule has 0 fully saturated rings. The molecule has 8 nitrogen and oxygen atoms in total. The van der Waals surface area contributed by atoms with Crippen molar-refractivity contribution < 1.29 is 19.1 Å². The summed E-state index contributed by atoms with van der Waals surface area (Å²) in [5, 5.41) is 2.96. The van der Waals surface area contributed by atoms with Gasteiger partial charge in [-0.2, -0.15) is 0 Å². The Morgan fingerprint density at radius 1 is 1.19 bits per heavy atom. The number of nitrogens with one attached hydrogen (secondary N) is 2. The summed E-state index contributed by atoms with van der Waals surface area (Å²) in [4.78, 5) is 38.8. The van der Waals surface area contributed by atoms with E-state index in [4.69, 9.17) is 15.2 Å². The van der Waals surface area contributed by atoms with Crippen molar-refractivity contribution in [2.24, 2.45) is 5.73 Å². The molecule has 142 valence electrons. The first kappa shape index (κ1) is 18.5. The zero-order valence-corrected chi connectivity index (χ0v) is 15.1. The summed E-state index contributed by atoms with van der Waals surface area (Å²) >= 11 is 0. The minimum Gasteiger partial charge on any atom is -0.493 e. The number of primary amides is 1. The molecule has 0 saturated carbocycles. The Morgan fingerprint density at radius 2 is 1.93 bits per heavy atom. The van der Waals surface area contributed by atoms with Crippen LogP contribution in [0.2, 0.25) is 0 Å². The molecule has 2 amide bonds. The number of aryl methyl sites for hydroxylation is 1. The monoisotopic (exact) mass is 371 g/mol. The van der Waals surface area contributed by atoms with E-state index in [1.165, 1.54) is 20.3 Å². The number of hydrogen-bond acceptors (Lipinski definition) is 5. The number of amides is 2. The van der Waals surface area contributed by atoms with Crippen LogP contribution in [-0.2, 0) is 6.42 Å². The lowest BCUT2D eigenvalue weighted by atomic mass is 9.90. The van der Waals surface area contributed by atoms with Crippen molar-refractivity contribution >= 4 is 11.8 Å². The summed E-state index contributed by atoms with van der Waals surface area (Å²) in [5.41, 5.74) is 6.50. The maximum absolute atomic E-state index is 12.7. The highest BCUT2D eigenvalue weighted by Gasteiger charge is 2.25. The smallest absolute Gasteiger partial charge is 0.261 e. The van der Waals surface area contributed by atoms with Crippen LogP contribution < -0.4 is 26.1 Å². The van der Waals surface area contributed by atoms with Crippen LogP contribution in [0.3, 0.4) is 0 Å². The Hall–Kier alpha value is -3.29. The van der Waals surface area contributed by atoms with Gasteiger partial charge >= 0.3 is 0 Å². The van der Waals surface area contributed by atoms with Crippen molar-refractivity contribution in [2.75, 3.05) is 14.2 Å². The average Bonchev–Trinajstić information content (AvgIpc) is 2.66. The van der Waals surface area contributed by atoms with Crippen LogP contribution in [0.15, 0.2) is 29.1 Å². The van der Waals surface area contributed by atoms with Crippen molar-refractivity contribution in [3.63, 3.8) is 0 Å². The number of pyridine rings is 1. The van der Waals surface area contributed by atoms with Crippen LogP contribution in [0.25, 0.3) is 0 Å². The highest BCUT2D eigenvalue weighted by Crippen LogP contribution is 2.30. The van der Waals surface area contributed by atoms with E-state index in [1.807, 2.05) is 0 Å². The van der Waals surface area contributed by atoms with Gasteiger partial charge in [-0.3, -0.25) is 14.4 Å². The van der Waals surface area contributed by atoms with Gasteiger partial charge in [-0.05, 0) is 49.1 Å². The highest BCUT2D eigenvalue weighted by molar-refractivity contribution is 5.95. The standard InChI is InChI=1S/C19H21N3O5/c1-26-15-7-6-10(8-16(15)27-2)18(24)21-13-4-3-5-14-11(13)9-12(17(20)23)19(25)22-14/h6-9,13H,3-5H2,1-2H3,(H2,20,23)(H,21,24)(H,22,25). The fraction of sp³-hybridized carbons (Fsp3) is 0.316. The van der Waals surface area contributed by atoms with E-state index >= 15 is 0 Å². The molecule has 1 aromatic carbocycles. The van der Waals surface area contributed by atoms with Crippen LogP contribution in [0.1, 0.15) is 50.9 Å². The number of fused-ring (bicyclic) bond motifs is 1. The molecule has 0 spiro atoms. The van der Waals surface area contributed by atoms with Gasteiger partial charge in [0.1, 0.15) is 5.56 Å². The summed E-state index contributed by atoms with van der Waals surface area (Å²) in [6.07, 6.45) is 2.17. The van der Waals surface area contributed by atoms with Crippen molar-refractivity contribution in [3.8, 4) is 11.5 Å². The molecular formula is C19H21N3O5. The normalized spacial score (nSPS) is 15.6. The molecule has 1 aliphatic carbocycles. The summed E-state index contributed by atoms with van der Waals surface area (Å²) in [6, 6.07) is 6.05. The third kappa shape index (κ3) is 3.64. The number of benzene rings is 1. The lowest BCUT2D eigenvalue weighted by molar-refractivity contribution is 0.0932. The average molecular weight is 371 g/mol. The van der Waals surface area contributed by atoms with Gasteiger partial charge in [0.05, 0.1) is 20.3 Å². The highest BCUT2D eigenvalue weighted by atomic mass is 16.5. The lowest BCUT2D eigenvalue weighted by Crippen LogP contribution is -2.34. The molecule has 1 unspecified atom stereocenters. The predicted octanol–water partition coefficient (Wildman–Crippen LogP) is 1.30. The minimum atomic E-state index is -0.797. The number of ether oxygens (including phenoxy) is 2. The van der Waals surface area contributed by atoms with E-state index in [9.17, 15) is 14.4 Å². The number of H-pyrrole nitrogens is 1. The Kier molecular flexibility index (Phi) is 5.16. The van der Waals surface area contributed by atoms with Gasteiger partial charge < -0.3 is 25.5 Å². The second-order valence-corrected chi connectivity index (χ2v) is 6.30. The zero-order chi connectivity index (χ0) is 19.6. The van der Waals surface area contributed by atoms with Crippen LogP contribution in [-0.4, -0.2) is 31.0 Å². The van der Waals surface area contributed by atoms with Crippen LogP contribution in [0.5, 0.6) is 11.5 Å². The van der Waals surface area contributed by atoms with Crippen molar-refractivity contribution in [1.29, 1.82) is 0 Å². The fourth-order valence-electron chi connectivity index (χ4n) is 3.29. The summed E-state index contributed by atoms with van der Waals surface area (Å²) in [5.74, 6) is -0.106. The topological polar surface area (TPSA) is 124 Å². The maximum atomic E-state index is 12.7. The quantitative estimate of drug-likeness (QED) is 0.731. The number of aromatic amines is 1. The van der Waals surface area contributed by atoms with Gasteiger partial charge in [-0.15, -0.1) is 0 Å². The summed E-state index contributed by atoms with van der Waals surface area (Å²) in [6.45, 7) is 0. The first-order valence-corrected chi connectivity index (χ1v) is 8.53. The molecule has 1 aliphatic rings. The van der Waals surface area contributed by atoms with Gasteiger partial charge in [-0.1, -0.05) is 0 Å². The van der Waals surface area contributed by atoms with Crippen LogP contribution in [0.4, 0.5) is 0 Å². The second-order valence-electron chi connectivity index (χ2n) is 6.30. The molecule has 0 radical (unpaired) electrons. The molecule has 8 heteroatoms. The van der Waals surface area contributed by atoms with Gasteiger partial charge in [0.15, 0.2) is 11.5 Å². The predicted molar refractivity (Wildman–Crippen MR) is 98.3 cm³/mol. The molecule has 2 aromatic rings. The van der Waals surface area contributed by atoms with E-state index in [0.717, 1.165) is 6.42 Å². The van der Waals surface area contributed by atoms with E-state index < -0.39 is 11.5 Å². The second kappa shape index (κ2) is 7.53. The summed E-state index contributed by atoms with van der Waals surface area (Å²) in [7, 11) is 3.02. The molecular weight excluding hydrogens is 350 g/mol. The molecule has 1 atom stereocenters. The number of methoxy groups -OCH3 is 2. The van der Waals surface area contributed by atoms with Crippen molar-refractivity contribution in [2.45, 2.75) is 25.3 Å². The zero-order valence-electron chi connectivity index (χ0n) is 15.1. The van der Waals surface area contributed by atoms with E-state index in [2.05, 4.69) is 10.3 Å².